The lowest BCUT2D eigenvalue weighted by Crippen LogP contribution is -2.25. The van der Waals surface area contributed by atoms with Gasteiger partial charge >= 0.3 is 0 Å². The van der Waals surface area contributed by atoms with Gasteiger partial charge in [-0.2, -0.15) is 5.10 Å². The third-order valence-electron chi connectivity index (χ3n) is 5.28. The van der Waals surface area contributed by atoms with Crippen LogP contribution in [0.1, 0.15) is 5.56 Å². The van der Waals surface area contributed by atoms with Crippen LogP contribution in [0, 0.1) is 5.82 Å². The fourth-order valence-electron chi connectivity index (χ4n) is 3.57. The summed E-state index contributed by atoms with van der Waals surface area (Å²) in [6.07, 6.45) is 2.93. The van der Waals surface area contributed by atoms with Crippen LogP contribution in [0.5, 0.6) is 0 Å². The van der Waals surface area contributed by atoms with Gasteiger partial charge in [-0.25, -0.2) is 17.5 Å². The molecule has 1 aromatic heterocycles. The van der Waals surface area contributed by atoms with Crippen molar-refractivity contribution in [3.8, 4) is 22.3 Å². The van der Waals surface area contributed by atoms with Gasteiger partial charge in [0.05, 0.1) is 29.0 Å². The Morgan fingerprint density at radius 3 is 2.21 bits per heavy atom. The standard InChI is InChI=1S/C26H20ClFN2O3S/c27-15-4-16-34(32,33)23-13-9-20(10-14-23)24-17-29-30(18-19-5-2-1-3-6-19)26(31)25(24)21-7-11-22(28)12-8-21/h1-15,17H,16,18H2. The molecular formula is C26H20ClFN2O3S. The molecule has 0 aliphatic carbocycles. The molecule has 5 nitrogen and oxygen atoms in total. The van der Waals surface area contributed by atoms with Crippen LogP contribution in [0.3, 0.4) is 0 Å². The third kappa shape index (κ3) is 5.16. The Morgan fingerprint density at radius 2 is 1.56 bits per heavy atom. The lowest BCUT2D eigenvalue weighted by Gasteiger charge is -2.13. The summed E-state index contributed by atoms with van der Waals surface area (Å²) in [5, 5.41) is 4.35. The molecule has 0 bridgehead atoms. The van der Waals surface area contributed by atoms with Crippen molar-refractivity contribution in [2.24, 2.45) is 0 Å². The maximum Gasteiger partial charge on any atom is 0.275 e. The maximum absolute atomic E-state index is 13.6. The number of halogens is 2. The van der Waals surface area contributed by atoms with E-state index in [1.165, 1.54) is 35.0 Å². The maximum atomic E-state index is 13.6. The largest absolute Gasteiger partial charge is 0.275 e. The number of sulfone groups is 1. The Labute approximate surface area is 201 Å². The average molecular weight is 495 g/mol. The molecule has 0 atom stereocenters. The molecule has 172 valence electrons. The number of nitrogens with zero attached hydrogens (tertiary/aromatic N) is 2. The molecule has 4 aromatic rings. The minimum absolute atomic E-state index is 0.139. The molecule has 0 fully saturated rings. The number of aromatic nitrogens is 2. The summed E-state index contributed by atoms with van der Waals surface area (Å²) in [6.45, 7) is 0.277. The fraction of sp³-hybridized carbons (Fsp3) is 0.0769. The molecule has 0 unspecified atom stereocenters. The number of benzene rings is 3. The molecule has 0 aliphatic rings. The Bertz CT molecular complexity index is 1480. The molecule has 0 N–H and O–H groups in total. The molecule has 8 heteroatoms. The first-order valence-corrected chi connectivity index (χ1v) is 12.5. The molecule has 4 rings (SSSR count). The van der Waals surface area contributed by atoms with E-state index in [9.17, 15) is 17.6 Å². The van der Waals surface area contributed by atoms with Gasteiger partial charge in [0.2, 0.25) is 0 Å². The molecule has 0 amide bonds. The second kappa shape index (κ2) is 10.2. The van der Waals surface area contributed by atoms with E-state index in [1.807, 2.05) is 30.3 Å². The van der Waals surface area contributed by atoms with Crippen LogP contribution in [-0.2, 0) is 16.4 Å². The number of hydrogen-bond donors (Lipinski definition) is 0. The minimum Gasteiger partial charge on any atom is -0.267 e. The van der Waals surface area contributed by atoms with Crippen molar-refractivity contribution in [3.63, 3.8) is 0 Å². The van der Waals surface area contributed by atoms with Crippen LogP contribution < -0.4 is 5.56 Å². The van der Waals surface area contributed by atoms with E-state index in [0.29, 0.717) is 22.3 Å². The van der Waals surface area contributed by atoms with Crippen molar-refractivity contribution >= 4 is 21.4 Å². The van der Waals surface area contributed by atoms with Gasteiger partial charge in [0.1, 0.15) is 5.82 Å². The van der Waals surface area contributed by atoms with E-state index in [1.54, 1.807) is 30.5 Å². The summed E-state index contributed by atoms with van der Waals surface area (Å²) in [4.78, 5) is 13.6. The van der Waals surface area contributed by atoms with Gasteiger partial charge in [-0.15, -0.1) is 0 Å². The third-order valence-corrected chi connectivity index (χ3v) is 7.08. The summed E-state index contributed by atoms with van der Waals surface area (Å²) < 4.78 is 39.8. The smallest absolute Gasteiger partial charge is 0.267 e. The van der Waals surface area contributed by atoms with E-state index < -0.39 is 15.7 Å². The highest BCUT2D eigenvalue weighted by molar-refractivity contribution is 7.91. The van der Waals surface area contributed by atoms with Crippen molar-refractivity contribution in [2.75, 3.05) is 5.75 Å². The lowest BCUT2D eigenvalue weighted by molar-refractivity contribution is 0.599. The van der Waals surface area contributed by atoms with Crippen LogP contribution in [-0.4, -0.2) is 24.0 Å². The Balaban J connectivity index is 1.81. The van der Waals surface area contributed by atoms with Crippen molar-refractivity contribution in [3.05, 3.63) is 118 Å². The topological polar surface area (TPSA) is 69.0 Å². The van der Waals surface area contributed by atoms with Gasteiger partial charge in [0, 0.05) is 11.1 Å². The summed E-state index contributed by atoms with van der Waals surface area (Å²) >= 11 is 5.46. The quantitative estimate of drug-likeness (QED) is 0.350. The van der Waals surface area contributed by atoms with E-state index in [2.05, 4.69) is 5.10 Å². The van der Waals surface area contributed by atoms with Crippen molar-refractivity contribution in [1.82, 2.24) is 9.78 Å². The van der Waals surface area contributed by atoms with Crippen LogP contribution in [0.15, 0.2) is 106 Å². The molecule has 0 radical (unpaired) electrons. The zero-order chi connectivity index (χ0) is 24.1. The second-order valence-electron chi connectivity index (χ2n) is 7.56. The van der Waals surface area contributed by atoms with E-state index in [0.717, 1.165) is 11.1 Å². The van der Waals surface area contributed by atoms with Gasteiger partial charge in [-0.05, 0) is 41.0 Å². The number of rotatable bonds is 7. The zero-order valence-electron chi connectivity index (χ0n) is 17.9. The SMILES string of the molecule is O=c1c(-c2ccc(F)cc2)c(-c2ccc(S(=O)(=O)CC=CCl)cc2)cnn1Cc1ccccc1. The summed E-state index contributed by atoms with van der Waals surface area (Å²) in [5.41, 5.74) is 3.76. The molecular weight excluding hydrogens is 475 g/mol. The average Bonchev–Trinajstić information content (AvgIpc) is 2.85. The highest BCUT2D eigenvalue weighted by Gasteiger charge is 2.17. The van der Waals surface area contributed by atoms with E-state index >= 15 is 0 Å². The van der Waals surface area contributed by atoms with Gasteiger partial charge in [0.25, 0.3) is 5.56 Å². The molecule has 0 aliphatic heterocycles. The van der Waals surface area contributed by atoms with Gasteiger partial charge in [-0.3, -0.25) is 4.79 Å². The lowest BCUT2D eigenvalue weighted by atomic mass is 9.97. The van der Waals surface area contributed by atoms with Crippen LogP contribution >= 0.6 is 11.6 Å². The molecule has 34 heavy (non-hydrogen) atoms. The normalized spacial score (nSPS) is 11.7. The molecule has 0 saturated carbocycles. The van der Waals surface area contributed by atoms with E-state index in [-0.39, 0.29) is 22.8 Å². The first-order chi connectivity index (χ1) is 16.4. The van der Waals surface area contributed by atoms with Crippen LogP contribution in [0.2, 0.25) is 0 Å². The second-order valence-corrected chi connectivity index (χ2v) is 9.84. The van der Waals surface area contributed by atoms with Crippen molar-refractivity contribution < 1.29 is 12.8 Å². The summed E-state index contributed by atoms with van der Waals surface area (Å²) in [6, 6.07) is 21.3. The molecule has 1 heterocycles. The predicted molar refractivity (Wildman–Crippen MR) is 132 cm³/mol. The summed E-state index contributed by atoms with van der Waals surface area (Å²) in [5.74, 6) is -0.627. The monoisotopic (exact) mass is 494 g/mol. The fourth-order valence-corrected chi connectivity index (χ4v) is 4.86. The highest BCUT2D eigenvalue weighted by atomic mass is 35.5. The van der Waals surface area contributed by atoms with E-state index in [4.69, 9.17) is 11.6 Å². The van der Waals surface area contributed by atoms with Gasteiger partial charge < -0.3 is 0 Å². The molecule has 0 spiro atoms. The zero-order valence-corrected chi connectivity index (χ0v) is 19.5. The first-order valence-electron chi connectivity index (χ1n) is 10.4. The first kappa shape index (κ1) is 23.6. The van der Waals surface area contributed by atoms with Gasteiger partial charge in [0.15, 0.2) is 9.84 Å². The predicted octanol–water partition coefficient (Wildman–Crippen LogP) is 5.29. The van der Waals surface area contributed by atoms with Crippen molar-refractivity contribution in [2.45, 2.75) is 11.4 Å². The molecule has 3 aromatic carbocycles. The van der Waals surface area contributed by atoms with Crippen LogP contribution in [0.25, 0.3) is 22.3 Å². The Hall–Kier alpha value is -3.55. The summed E-state index contributed by atoms with van der Waals surface area (Å²) in [7, 11) is -3.53. The highest BCUT2D eigenvalue weighted by Crippen LogP contribution is 2.30. The van der Waals surface area contributed by atoms with Crippen molar-refractivity contribution in [1.29, 1.82) is 0 Å². The molecule has 0 saturated heterocycles. The Morgan fingerprint density at radius 1 is 0.912 bits per heavy atom. The van der Waals surface area contributed by atoms with Crippen LogP contribution in [0.4, 0.5) is 4.39 Å². The minimum atomic E-state index is -3.53. The van der Waals surface area contributed by atoms with Gasteiger partial charge in [-0.1, -0.05) is 72.3 Å². The Kier molecular flexibility index (Phi) is 7.05. The number of hydrogen-bond acceptors (Lipinski definition) is 4.